The number of carbonyl (C=O) groups is 2. The van der Waals surface area contributed by atoms with Crippen molar-refractivity contribution < 1.29 is 23.8 Å². The van der Waals surface area contributed by atoms with Crippen molar-refractivity contribution in [1.82, 2.24) is 0 Å². The minimum Gasteiger partial charge on any atom is -0.487 e. The molecule has 35 heavy (non-hydrogen) atoms. The first-order valence-corrected chi connectivity index (χ1v) is 13.2. The van der Waals surface area contributed by atoms with E-state index in [2.05, 4.69) is 6.92 Å². The van der Waals surface area contributed by atoms with Crippen LogP contribution in [0.25, 0.3) is 10.8 Å². The van der Waals surface area contributed by atoms with Gasteiger partial charge in [0, 0.05) is 22.8 Å². The van der Waals surface area contributed by atoms with Gasteiger partial charge >= 0.3 is 11.9 Å². The van der Waals surface area contributed by atoms with Crippen molar-refractivity contribution in [2.75, 3.05) is 6.54 Å². The summed E-state index contributed by atoms with van der Waals surface area (Å²) in [5.41, 5.74) is 5.94. The van der Waals surface area contributed by atoms with E-state index in [1.165, 1.54) is 38.5 Å². The van der Waals surface area contributed by atoms with Crippen LogP contribution < -0.4 is 19.9 Å². The van der Waals surface area contributed by atoms with E-state index in [-0.39, 0.29) is 29.6 Å². The summed E-state index contributed by atoms with van der Waals surface area (Å²) in [5, 5.41) is 1.49. The van der Waals surface area contributed by atoms with Crippen molar-refractivity contribution in [1.29, 1.82) is 0 Å². The second-order valence-corrected chi connectivity index (χ2v) is 10.1. The van der Waals surface area contributed by atoms with Crippen LogP contribution in [0.5, 0.6) is 17.2 Å². The SMILES string of the molecule is CCCCCCCCCCCC(=O)Oc1c2c(c3ccccc3c1OC(=O)CN)OC(C)(C)CC2. The second kappa shape index (κ2) is 12.9. The number of carbonyl (C=O) groups excluding carboxylic acids is 2. The van der Waals surface area contributed by atoms with Gasteiger partial charge in [0.25, 0.3) is 0 Å². The molecule has 6 heteroatoms. The maximum absolute atomic E-state index is 12.8. The summed E-state index contributed by atoms with van der Waals surface area (Å²) in [5.74, 6) is 0.328. The summed E-state index contributed by atoms with van der Waals surface area (Å²) in [6.45, 7) is 6.05. The van der Waals surface area contributed by atoms with Crippen molar-refractivity contribution in [2.24, 2.45) is 5.73 Å². The Bertz CT molecular complexity index is 1010. The predicted octanol–water partition coefficient (Wildman–Crippen LogP) is 6.63. The molecule has 0 aromatic heterocycles. The molecule has 0 bridgehead atoms. The van der Waals surface area contributed by atoms with Crippen molar-refractivity contribution in [3.8, 4) is 17.2 Å². The van der Waals surface area contributed by atoms with Crippen molar-refractivity contribution in [2.45, 2.75) is 103 Å². The van der Waals surface area contributed by atoms with Crippen molar-refractivity contribution in [3.63, 3.8) is 0 Å². The molecule has 1 aliphatic heterocycles. The highest BCUT2D eigenvalue weighted by atomic mass is 16.6. The van der Waals surface area contributed by atoms with Crippen molar-refractivity contribution >= 4 is 22.7 Å². The number of nitrogens with two attached hydrogens (primary N) is 1. The van der Waals surface area contributed by atoms with Gasteiger partial charge in [0.2, 0.25) is 0 Å². The van der Waals surface area contributed by atoms with Crippen LogP contribution in [-0.2, 0) is 16.0 Å². The smallest absolute Gasteiger partial charge is 0.325 e. The number of esters is 2. The lowest BCUT2D eigenvalue weighted by Gasteiger charge is -2.34. The molecular weight excluding hydrogens is 442 g/mol. The summed E-state index contributed by atoms with van der Waals surface area (Å²) in [6, 6.07) is 7.55. The average Bonchev–Trinajstić information content (AvgIpc) is 2.84. The maximum Gasteiger partial charge on any atom is 0.325 e. The van der Waals surface area contributed by atoms with E-state index in [1.807, 2.05) is 38.1 Å². The third-order valence-corrected chi connectivity index (χ3v) is 6.61. The Kier molecular flexibility index (Phi) is 9.96. The molecule has 0 radical (unpaired) electrons. The molecule has 192 valence electrons. The summed E-state index contributed by atoms with van der Waals surface area (Å²) in [6.07, 6.45) is 12.3. The fourth-order valence-electron chi connectivity index (χ4n) is 4.61. The molecule has 1 heterocycles. The van der Waals surface area contributed by atoms with Gasteiger partial charge in [-0.3, -0.25) is 9.59 Å². The van der Waals surface area contributed by atoms with E-state index < -0.39 is 5.97 Å². The third-order valence-electron chi connectivity index (χ3n) is 6.61. The number of rotatable bonds is 13. The maximum atomic E-state index is 12.8. The van der Waals surface area contributed by atoms with Crippen LogP contribution >= 0.6 is 0 Å². The zero-order chi connectivity index (χ0) is 25.3. The van der Waals surface area contributed by atoms with Crippen molar-refractivity contribution in [3.05, 3.63) is 29.8 Å². The van der Waals surface area contributed by atoms with E-state index in [0.29, 0.717) is 24.0 Å². The van der Waals surface area contributed by atoms with E-state index in [4.69, 9.17) is 19.9 Å². The fraction of sp³-hybridized carbons (Fsp3) is 0.586. The Balaban J connectivity index is 1.75. The standard InChI is InChI=1S/C29H41NO5/c1-4-5-6-7-8-9-10-11-12-17-24(31)33-28-23-18-19-29(2,3)35-26(23)21-15-13-14-16-22(21)27(28)34-25(32)20-30/h13-16H,4-12,17-20,30H2,1-3H3. The second-order valence-electron chi connectivity index (χ2n) is 10.1. The van der Waals surface area contributed by atoms with Gasteiger partial charge in [-0.2, -0.15) is 0 Å². The molecule has 1 aliphatic rings. The first kappa shape index (κ1) is 27.0. The Labute approximate surface area is 209 Å². The lowest BCUT2D eigenvalue weighted by atomic mass is 9.91. The molecule has 0 saturated carbocycles. The van der Waals surface area contributed by atoms with Crippen LogP contribution in [0.3, 0.4) is 0 Å². The van der Waals surface area contributed by atoms with Gasteiger partial charge in [-0.25, -0.2) is 0 Å². The summed E-state index contributed by atoms with van der Waals surface area (Å²) < 4.78 is 17.9. The zero-order valence-corrected chi connectivity index (χ0v) is 21.6. The Morgan fingerprint density at radius 2 is 1.49 bits per heavy atom. The lowest BCUT2D eigenvalue weighted by molar-refractivity contribution is -0.136. The molecule has 2 N–H and O–H groups in total. The normalized spacial score (nSPS) is 14.3. The minimum absolute atomic E-state index is 0.249. The molecule has 0 aliphatic carbocycles. The first-order valence-electron chi connectivity index (χ1n) is 13.2. The number of hydrogen-bond acceptors (Lipinski definition) is 6. The fourth-order valence-corrected chi connectivity index (χ4v) is 4.61. The molecule has 0 saturated heterocycles. The Hall–Kier alpha value is -2.60. The predicted molar refractivity (Wildman–Crippen MR) is 139 cm³/mol. The number of fused-ring (bicyclic) bond motifs is 3. The highest BCUT2D eigenvalue weighted by Gasteiger charge is 2.34. The molecular formula is C29H41NO5. The highest BCUT2D eigenvalue weighted by molar-refractivity contribution is 5.99. The zero-order valence-electron chi connectivity index (χ0n) is 21.6. The number of benzene rings is 2. The van der Waals surface area contributed by atoms with Crippen LogP contribution in [0.1, 0.15) is 97.0 Å². The molecule has 0 spiro atoms. The summed E-state index contributed by atoms with van der Waals surface area (Å²) >= 11 is 0. The molecule has 0 fully saturated rings. The lowest BCUT2D eigenvalue weighted by Crippen LogP contribution is -2.33. The summed E-state index contributed by atoms with van der Waals surface area (Å²) in [7, 11) is 0. The Morgan fingerprint density at radius 1 is 0.886 bits per heavy atom. The van der Waals surface area contributed by atoms with Gasteiger partial charge in [-0.15, -0.1) is 0 Å². The number of hydrogen-bond donors (Lipinski definition) is 1. The Morgan fingerprint density at radius 3 is 2.14 bits per heavy atom. The van der Waals surface area contributed by atoms with Gasteiger partial charge in [-0.1, -0.05) is 82.6 Å². The highest BCUT2D eigenvalue weighted by Crippen LogP contribution is 2.50. The molecule has 6 nitrogen and oxygen atoms in total. The average molecular weight is 484 g/mol. The number of ether oxygens (including phenoxy) is 3. The van der Waals surface area contributed by atoms with Gasteiger partial charge in [0.15, 0.2) is 11.5 Å². The van der Waals surface area contributed by atoms with Crippen LogP contribution in [0.4, 0.5) is 0 Å². The van der Waals surface area contributed by atoms with Crippen LogP contribution in [0.2, 0.25) is 0 Å². The van der Waals surface area contributed by atoms with E-state index >= 15 is 0 Å². The molecule has 0 unspecified atom stereocenters. The monoisotopic (exact) mass is 483 g/mol. The van der Waals surface area contributed by atoms with E-state index in [9.17, 15) is 9.59 Å². The molecule has 2 aromatic carbocycles. The van der Waals surface area contributed by atoms with E-state index in [1.54, 1.807) is 0 Å². The molecule has 0 atom stereocenters. The van der Waals surface area contributed by atoms with Gasteiger partial charge < -0.3 is 19.9 Å². The topological polar surface area (TPSA) is 87.9 Å². The van der Waals surface area contributed by atoms with Crippen LogP contribution in [-0.4, -0.2) is 24.1 Å². The number of unbranched alkanes of at least 4 members (excludes halogenated alkanes) is 8. The molecule has 3 rings (SSSR count). The first-order chi connectivity index (χ1) is 16.9. The molecule has 2 aromatic rings. The van der Waals surface area contributed by atoms with Crippen LogP contribution in [0.15, 0.2) is 24.3 Å². The third kappa shape index (κ3) is 7.44. The van der Waals surface area contributed by atoms with Gasteiger partial charge in [0.05, 0.1) is 6.54 Å². The van der Waals surface area contributed by atoms with Crippen LogP contribution in [0, 0.1) is 0 Å². The van der Waals surface area contributed by atoms with Gasteiger partial charge in [-0.05, 0) is 33.1 Å². The molecule has 0 amide bonds. The largest absolute Gasteiger partial charge is 0.487 e. The van der Waals surface area contributed by atoms with Gasteiger partial charge in [0.1, 0.15) is 11.4 Å². The minimum atomic E-state index is -0.580. The van der Waals surface area contributed by atoms with E-state index in [0.717, 1.165) is 36.6 Å². The summed E-state index contributed by atoms with van der Waals surface area (Å²) in [4.78, 5) is 25.0. The quantitative estimate of drug-likeness (QED) is 0.195.